The Morgan fingerprint density at radius 1 is 1.38 bits per heavy atom. The van der Waals surface area contributed by atoms with Crippen LogP contribution in [0.4, 0.5) is 0 Å². The van der Waals surface area contributed by atoms with Crippen LogP contribution >= 0.6 is 11.3 Å². The summed E-state index contributed by atoms with van der Waals surface area (Å²) in [6, 6.07) is 7.49. The number of aryl methyl sites for hydroxylation is 1. The van der Waals surface area contributed by atoms with Crippen LogP contribution in [0.3, 0.4) is 0 Å². The molecule has 3 aromatic rings. The molecule has 0 unspecified atom stereocenters. The van der Waals surface area contributed by atoms with Gasteiger partial charge in [-0.3, -0.25) is 14.7 Å². The van der Waals surface area contributed by atoms with Crippen molar-refractivity contribution >= 4 is 23.2 Å². The van der Waals surface area contributed by atoms with E-state index in [-0.39, 0.29) is 18.4 Å². The highest BCUT2D eigenvalue weighted by atomic mass is 32.1. The van der Waals surface area contributed by atoms with Gasteiger partial charge in [0.05, 0.1) is 35.5 Å². The number of carbonyl (C=O) groups is 2. The number of fused-ring (bicyclic) bond motifs is 1. The lowest BCUT2D eigenvalue weighted by Crippen LogP contribution is -2.24. The molecule has 3 aromatic heterocycles. The minimum atomic E-state index is -0.315. The van der Waals surface area contributed by atoms with E-state index in [4.69, 9.17) is 4.74 Å². The van der Waals surface area contributed by atoms with Crippen LogP contribution < -0.4 is 10.1 Å². The van der Waals surface area contributed by atoms with E-state index in [2.05, 4.69) is 20.5 Å². The van der Waals surface area contributed by atoms with Crippen LogP contribution in [0, 0.1) is 6.92 Å². The highest BCUT2D eigenvalue weighted by Gasteiger charge is 2.29. The van der Waals surface area contributed by atoms with Gasteiger partial charge in [-0.15, -0.1) is 11.3 Å². The lowest BCUT2D eigenvalue weighted by molar-refractivity contribution is 0.0786. The first kappa shape index (κ1) is 19.1. The Kier molecular flexibility index (Phi) is 5.06. The standard InChI is InChI=1S/C20H21N5O3S/c1-4-25-10-16-13(20(25)27)7-12(19(22-16)28-3)9-21-18(26)15-8-14(23-24-15)17-6-5-11(2)29-17/h5-8H,4,9-10H2,1-3H3,(H,21,26)(H,23,24). The molecule has 0 saturated carbocycles. The molecule has 0 aliphatic carbocycles. The number of amides is 2. The normalized spacial score (nSPS) is 12.9. The Bertz CT molecular complexity index is 1090. The monoisotopic (exact) mass is 411 g/mol. The molecular formula is C20H21N5O3S. The van der Waals surface area contributed by atoms with Gasteiger partial charge in [0.1, 0.15) is 0 Å². The van der Waals surface area contributed by atoms with Crippen LogP contribution in [-0.2, 0) is 13.1 Å². The van der Waals surface area contributed by atoms with E-state index in [0.717, 1.165) is 10.6 Å². The van der Waals surface area contributed by atoms with Crippen molar-refractivity contribution < 1.29 is 14.3 Å². The number of ether oxygens (including phenoxy) is 1. The number of aromatic nitrogens is 3. The fourth-order valence-corrected chi connectivity index (χ4v) is 4.10. The molecule has 1 aliphatic heterocycles. The van der Waals surface area contributed by atoms with Crippen molar-refractivity contribution in [3.8, 4) is 16.5 Å². The molecule has 8 nitrogen and oxygen atoms in total. The number of methoxy groups -OCH3 is 1. The first-order valence-electron chi connectivity index (χ1n) is 9.26. The van der Waals surface area contributed by atoms with Crippen LogP contribution in [0.2, 0.25) is 0 Å². The van der Waals surface area contributed by atoms with Gasteiger partial charge in [0, 0.05) is 23.5 Å². The molecule has 9 heteroatoms. The number of rotatable bonds is 6. The van der Waals surface area contributed by atoms with Crippen molar-refractivity contribution in [3.05, 3.63) is 51.7 Å². The maximum atomic E-state index is 12.5. The van der Waals surface area contributed by atoms with E-state index in [1.807, 2.05) is 26.0 Å². The molecule has 150 valence electrons. The maximum absolute atomic E-state index is 12.5. The van der Waals surface area contributed by atoms with E-state index < -0.39 is 0 Å². The predicted octanol–water partition coefficient (Wildman–Crippen LogP) is 2.76. The third-order valence-electron chi connectivity index (χ3n) is 4.83. The smallest absolute Gasteiger partial charge is 0.272 e. The number of aromatic amines is 1. The number of hydrogen-bond donors (Lipinski definition) is 2. The molecule has 2 amide bonds. The minimum absolute atomic E-state index is 0.0478. The molecular weight excluding hydrogens is 390 g/mol. The molecule has 0 bridgehead atoms. The van der Waals surface area contributed by atoms with E-state index in [0.29, 0.717) is 41.5 Å². The van der Waals surface area contributed by atoms with E-state index in [9.17, 15) is 9.59 Å². The zero-order valence-corrected chi connectivity index (χ0v) is 17.2. The van der Waals surface area contributed by atoms with Crippen LogP contribution in [0.5, 0.6) is 5.88 Å². The molecule has 0 radical (unpaired) electrons. The molecule has 0 saturated heterocycles. The van der Waals surface area contributed by atoms with Gasteiger partial charge in [-0.05, 0) is 38.1 Å². The number of nitrogens with zero attached hydrogens (tertiary/aromatic N) is 3. The Morgan fingerprint density at radius 2 is 2.21 bits per heavy atom. The first-order chi connectivity index (χ1) is 14.0. The van der Waals surface area contributed by atoms with Gasteiger partial charge in [-0.25, -0.2) is 4.98 Å². The summed E-state index contributed by atoms with van der Waals surface area (Å²) >= 11 is 1.63. The number of pyridine rings is 1. The third kappa shape index (κ3) is 3.61. The Labute approximate surface area is 171 Å². The summed E-state index contributed by atoms with van der Waals surface area (Å²) in [4.78, 5) is 33.4. The van der Waals surface area contributed by atoms with Crippen LogP contribution in [-0.4, -0.2) is 45.6 Å². The lowest BCUT2D eigenvalue weighted by Gasteiger charge is -2.10. The van der Waals surface area contributed by atoms with Gasteiger partial charge >= 0.3 is 0 Å². The number of carbonyl (C=O) groups excluding carboxylic acids is 2. The van der Waals surface area contributed by atoms with Gasteiger partial charge in [0.25, 0.3) is 11.8 Å². The van der Waals surface area contributed by atoms with Crippen molar-refractivity contribution in [2.24, 2.45) is 0 Å². The van der Waals surface area contributed by atoms with Crippen LogP contribution in [0.25, 0.3) is 10.6 Å². The Hall–Kier alpha value is -3.20. The Balaban J connectivity index is 1.49. The first-order valence-corrected chi connectivity index (χ1v) is 10.1. The van der Waals surface area contributed by atoms with Crippen molar-refractivity contribution in [1.29, 1.82) is 0 Å². The molecule has 29 heavy (non-hydrogen) atoms. The highest BCUT2D eigenvalue weighted by Crippen LogP contribution is 2.28. The minimum Gasteiger partial charge on any atom is -0.481 e. The third-order valence-corrected chi connectivity index (χ3v) is 5.86. The van der Waals surface area contributed by atoms with Crippen molar-refractivity contribution in [3.63, 3.8) is 0 Å². The molecule has 0 aromatic carbocycles. The molecule has 0 fully saturated rings. The quantitative estimate of drug-likeness (QED) is 0.650. The molecule has 4 rings (SSSR count). The van der Waals surface area contributed by atoms with Crippen LogP contribution in [0.15, 0.2) is 24.3 Å². The summed E-state index contributed by atoms with van der Waals surface area (Å²) in [6.45, 7) is 5.24. The second kappa shape index (κ2) is 7.67. The summed E-state index contributed by atoms with van der Waals surface area (Å²) in [5.41, 5.74) is 3.01. The number of hydrogen-bond acceptors (Lipinski definition) is 6. The summed E-state index contributed by atoms with van der Waals surface area (Å²) in [5, 5.41) is 9.84. The predicted molar refractivity (Wildman–Crippen MR) is 109 cm³/mol. The summed E-state index contributed by atoms with van der Waals surface area (Å²) in [6.07, 6.45) is 0. The average Bonchev–Trinajstić information content (AvgIpc) is 3.44. The average molecular weight is 411 g/mol. The SMILES string of the molecule is CCN1Cc2nc(OC)c(CNC(=O)c3cc(-c4ccc(C)s4)[nH]n3)cc2C1=O. The van der Waals surface area contributed by atoms with Gasteiger partial charge in [0.2, 0.25) is 5.88 Å². The second-order valence-electron chi connectivity index (χ2n) is 6.73. The Morgan fingerprint density at radius 3 is 2.90 bits per heavy atom. The zero-order chi connectivity index (χ0) is 20.5. The fraction of sp³-hybridized carbons (Fsp3) is 0.300. The maximum Gasteiger partial charge on any atom is 0.272 e. The van der Waals surface area contributed by atoms with Gasteiger partial charge in [0.15, 0.2) is 5.69 Å². The van der Waals surface area contributed by atoms with Gasteiger partial charge < -0.3 is 15.0 Å². The lowest BCUT2D eigenvalue weighted by atomic mass is 10.1. The van der Waals surface area contributed by atoms with Crippen LogP contribution in [0.1, 0.15) is 43.9 Å². The largest absolute Gasteiger partial charge is 0.481 e. The molecule has 0 atom stereocenters. The van der Waals surface area contributed by atoms with E-state index >= 15 is 0 Å². The zero-order valence-electron chi connectivity index (χ0n) is 16.4. The summed E-state index contributed by atoms with van der Waals surface area (Å²) < 4.78 is 5.36. The molecule has 0 spiro atoms. The summed E-state index contributed by atoms with van der Waals surface area (Å²) in [7, 11) is 1.53. The van der Waals surface area contributed by atoms with E-state index in [1.54, 1.807) is 28.4 Å². The second-order valence-corrected chi connectivity index (χ2v) is 8.02. The number of nitrogens with one attached hydrogen (secondary N) is 2. The van der Waals surface area contributed by atoms with Crippen molar-refractivity contribution in [1.82, 2.24) is 25.4 Å². The topological polar surface area (TPSA) is 100 Å². The number of H-pyrrole nitrogens is 1. The molecule has 2 N–H and O–H groups in total. The highest BCUT2D eigenvalue weighted by molar-refractivity contribution is 7.15. The van der Waals surface area contributed by atoms with Crippen molar-refractivity contribution in [2.75, 3.05) is 13.7 Å². The van der Waals surface area contributed by atoms with Gasteiger partial charge in [-0.2, -0.15) is 5.10 Å². The van der Waals surface area contributed by atoms with Gasteiger partial charge in [-0.1, -0.05) is 0 Å². The fourth-order valence-electron chi connectivity index (χ4n) is 3.27. The van der Waals surface area contributed by atoms with E-state index in [1.165, 1.54) is 12.0 Å². The molecule has 1 aliphatic rings. The molecule has 4 heterocycles. The summed E-state index contributed by atoms with van der Waals surface area (Å²) in [5.74, 6) is 0.0461. The number of thiophene rings is 1. The van der Waals surface area contributed by atoms with Crippen molar-refractivity contribution in [2.45, 2.75) is 26.9 Å².